The Balaban J connectivity index is 1.87. The standard InChI is InChI=1S/C13H16ClN3O/c14-13-11(9-16-6-3-4-10(18)8-16)17-7-2-1-5-12(17)15-13/h1-2,5,7,10,18H,3-4,6,8-9H2. The van der Waals surface area contributed by atoms with Gasteiger partial charge in [0.1, 0.15) is 5.65 Å². The molecule has 0 saturated carbocycles. The summed E-state index contributed by atoms with van der Waals surface area (Å²) in [5, 5.41) is 10.3. The van der Waals surface area contributed by atoms with Gasteiger partial charge in [-0.1, -0.05) is 17.7 Å². The molecule has 1 atom stereocenters. The lowest BCUT2D eigenvalue weighted by atomic mass is 10.1. The Morgan fingerprint density at radius 2 is 2.33 bits per heavy atom. The Morgan fingerprint density at radius 1 is 1.44 bits per heavy atom. The van der Waals surface area contributed by atoms with Crippen molar-refractivity contribution in [2.24, 2.45) is 0 Å². The Kier molecular flexibility index (Phi) is 3.24. The number of hydrogen-bond acceptors (Lipinski definition) is 3. The second-order valence-corrected chi connectivity index (χ2v) is 5.17. The molecule has 1 aliphatic rings. The zero-order valence-corrected chi connectivity index (χ0v) is 10.8. The molecule has 5 heteroatoms. The number of β-amino-alcohol motifs (C(OH)–C–C–N with tert-alkyl or cyclic N) is 1. The Morgan fingerprint density at radius 3 is 3.17 bits per heavy atom. The number of rotatable bonds is 2. The summed E-state index contributed by atoms with van der Waals surface area (Å²) in [4.78, 5) is 6.57. The van der Waals surface area contributed by atoms with Crippen molar-refractivity contribution in [3.8, 4) is 0 Å². The Labute approximate surface area is 111 Å². The van der Waals surface area contributed by atoms with E-state index in [9.17, 15) is 5.11 Å². The van der Waals surface area contributed by atoms with E-state index >= 15 is 0 Å². The van der Waals surface area contributed by atoms with E-state index in [1.54, 1.807) is 0 Å². The number of pyridine rings is 1. The molecule has 3 heterocycles. The first-order valence-corrected chi connectivity index (χ1v) is 6.64. The summed E-state index contributed by atoms with van der Waals surface area (Å²) in [6, 6.07) is 5.87. The number of likely N-dealkylation sites (tertiary alicyclic amines) is 1. The number of aliphatic hydroxyl groups excluding tert-OH is 1. The predicted molar refractivity (Wildman–Crippen MR) is 70.7 cm³/mol. The zero-order chi connectivity index (χ0) is 12.5. The smallest absolute Gasteiger partial charge is 0.152 e. The molecular weight excluding hydrogens is 250 g/mol. The van der Waals surface area contributed by atoms with Crippen molar-refractivity contribution in [1.82, 2.24) is 14.3 Å². The number of imidazole rings is 1. The summed E-state index contributed by atoms with van der Waals surface area (Å²) >= 11 is 6.20. The third-order valence-corrected chi connectivity index (χ3v) is 3.74. The maximum absolute atomic E-state index is 9.69. The quantitative estimate of drug-likeness (QED) is 0.902. The van der Waals surface area contributed by atoms with Gasteiger partial charge in [0.2, 0.25) is 0 Å². The van der Waals surface area contributed by atoms with Gasteiger partial charge in [0.15, 0.2) is 5.15 Å². The van der Waals surface area contributed by atoms with Crippen LogP contribution >= 0.6 is 11.6 Å². The summed E-state index contributed by atoms with van der Waals surface area (Å²) in [6.45, 7) is 2.46. The van der Waals surface area contributed by atoms with E-state index in [4.69, 9.17) is 11.6 Å². The summed E-state index contributed by atoms with van der Waals surface area (Å²) in [6.07, 6.45) is 3.70. The number of aliphatic hydroxyl groups is 1. The summed E-state index contributed by atoms with van der Waals surface area (Å²) in [7, 11) is 0. The lowest BCUT2D eigenvalue weighted by Gasteiger charge is -2.29. The van der Waals surface area contributed by atoms with Gasteiger partial charge < -0.3 is 9.51 Å². The number of aromatic nitrogens is 2. The van der Waals surface area contributed by atoms with E-state index < -0.39 is 0 Å². The van der Waals surface area contributed by atoms with Crippen LogP contribution in [-0.2, 0) is 6.54 Å². The number of fused-ring (bicyclic) bond motifs is 1. The van der Waals surface area contributed by atoms with E-state index in [1.807, 2.05) is 28.8 Å². The molecule has 1 N–H and O–H groups in total. The van der Waals surface area contributed by atoms with Crippen molar-refractivity contribution in [3.05, 3.63) is 35.2 Å². The molecule has 96 valence electrons. The molecule has 1 fully saturated rings. The number of hydrogen-bond donors (Lipinski definition) is 1. The van der Waals surface area contributed by atoms with Gasteiger partial charge in [-0.25, -0.2) is 4.98 Å². The summed E-state index contributed by atoms with van der Waals surface area (Å²) < 4.78 is 2.02. The fourth-order valence-electron chi connectivity index (χ4n) is 2.55. The van der Waals surface area contributed by atoms with Gasteiger partial charge in [-0.2, -0.15) is 0 Å². The second kappa shape index (κ2) is 4.88. The van der Waals surface area contributed by atoms with E-state index in [0.717, 1.165) is 43.8 Å². The number of nitrogens with zero attached hydrogens (tertiary/aromatic N) is 3. The van der Waals surface area contributed by atoms with Gasteiger partial charge in [0.25, 0.3) is 0 Å². The highest BCUT2D eigenvalue weighted by atomic mass is 35.5. The lowest BCUT2D eigenvalue weighted by Crippen LogP contribution is -2.37. The topological polar surface area (TPSA) is 40.8 Å². The van der Waals surface area contributed by atoms with Crippen LogP contribution in [0.3, 0.4) is 0 Å². The van der Waals surface area contributed by atoms with Gasteiger partial charge in [-0.05, 0) is 31.5 Å². The minimum Gasteiger partial charge on any atom is -0.392 e. The van der Waals surface area contributed by atoms with Crippen LogP contribution in [0.2, 0.25) is 5.15 Å². The molecule has 4 nitrogen and oxygen atoms in total. The van der Waals surface area contributed by atoms with Crippen molar-refractivity contribution in [1.29, 1.82) is 0 Å². The molecule has 2 aromatic heterocycles. The third-order valence-electron chi connectivity index (χ3n) is 3.43. The minimum atomic E-state index is -0.211. The van der Waals surface area contributed by atoms with Crippen molar-refractivity contribution in [2.75, 3.05) is 13.1 Å². The van der Waals surface area contributed by atoms with Gasteiger partial charge in [-0.15, -0.1) is 0 Å². The van der Waals surface area contributed by atoms with Crippen molar-refractivity contribution >= 4 is 17.2 Å². The van der Waals surface area contributed by atoms with Crippen LogP contribution in [0.5, 0.6) is 0 Å². The van der Waals surface area contributed by atoms with Crippen LogP contribution < -0.4 is 0 Å². The monoisotopic (exact) mass is 265 g/mol. The maximum Gasteiger partial charge on any atom is 0.152 e. The molecule has 0 amide bonds. The van der Waals surface area contributed by atoms with Crippen LogP contribution in [0, 0.1) is 0 Å². The average molecular weight is 266 g/mol. The first kappa shape index (κ1) is 12.0. The third kappa shape index (κ3) is 2.23. The first-order valence-electron chi connectivity index (χ1n) is 6.26. The van der Waals surface area contributed by atoms with E-state index in [1.165, 1.54) is 0 Å². The fraction of sp³-hybridized carbons (Fsp3) is 0.462. The van der Waals surface area contributed by atoms with E-state index in [-0.39, 0.29) is 6.10 Å². The molecule has 0 spiro atoms. The Bertz CT molecular complexity index is 554. The molecule has 1 aliphatic heterocycles. The molecule has 0 aliphatic carbocycles. The van der Waals surface area contributed by atoms with Crippen molar-refractivity contribution < 1.29 is 5.11 Å². The SMILES string of the molecule is OC1CCCN(Cc2c(Cl)nc3ccccn23)C1. The Hall–Kier alpha value is -1.10. The molecule has 0 aromatic carbocycles. The predicted octanol–water partition coefficient (Wildman–Crippen LogP) is 1.94. The van der Waals surface area contributed by atoms with Gasteiger partial charge in [0.05, 0.1) is 11.8 Å². The molecule has 0 radical (unpaired) electrons. The maximum atomic E-state index is 9.69. The molecular formula is C13H16ClN3O. The number of piperidine rings is 1. The first-order chi connectivity index (χ1) is 8.74. The largest absolute Gasteiger partial charge is 0.392 e. The van der Waals surface area contributed by atoms with Crippen LogP contribution in [0.15, 0.2) is 24.4 Å². The van der Waals surface area contributed by atoms with Gasteiger partial charge in [-0.3, -0.25) is 4.90 Å². The van der Waals surface area contributed by atoms with Crippen LogP contribution in [0.25, 0.3) is 5.65 Å². The van der Waals surface area contributed by atoms with Crippen molar-refractivity contribution in [2.45, 2.75) is 25.5 Å². The molecule has 1 unspecified atom stereocenters. The van der Waals surface area contributed by atoms with Crippen LogP contribution in [0.4, 0.5) is 0 Å². The molecule has 0 bridgehead atoms. The summed E-state index contributed by atoms with van der Waals surface area (Å²) in [5.74, 6) is 0. The average Bonchev–Trinajstić information content (AvgIpc) is 2.66. The second-order valence-electron chi connectivity index (χ2n) is 4.81. The van der Waals surface area contributed by atoms with Gasteiger partial charge in [0, 0.05) is 19.3 Å². The lowest BCUT2D eigenvalue weighted by molar-refractivity contribution is 0.0661. The van der Waals surface area contributed by atoms with Gasteiger partial charge >= 0.3 is 0 Å². The van der Waals surface area contributed by atoms with E-state index in [2.05, 4.69) is 9.88 Å². The van der Waals surface area contributed by atoms with Crippen molar-refractivity contribution in [3.63, 3.8) is 0 Å². The molecule has 1 saturated heterocycles. The highest BCUT2D eigenvalue weighted by molar-refractivity contribution is 6.30. The normalized spacial score (nSPS) is 21.6. The zero-order valence-electron chi connectivity index (χ0n) is 10.1. The minimum absolute atomic E-state index is 0.211. The highest BCUT2D eigenvalue weighted by Gasteiger charge is 2.20. The molecule has 3 rings (SSSR count). The summed E-state index contributed by atoms with van der Waals surface area (Å²) in [5.41, 5.74) is 1.87. The van der Waals surface area contributed by atoms with Crippen LogP contribution in [0.1, 0.15) is 18.5 Å². The highest BCUT2D eigenvalue weighted by Crippen LogP contribution is 2.21. The fourth-order valence-corrected chi connectivity index (χ4v) is 2.78. The van der Waals surface area contributed by atoms with Crippen LogP contribution in [-0.4, -0.2) is 38.6 Å². The molecule has 2 aromatic rings. The number of halogens is 1. The molecule has 18 heavy (non-hydrogen) atoms. The van der Waals surface area contributed by atoms with E-state index in [0.29, 0.717) is 5.15 Å².